The van der Waals surface area contributed by atoms with Crippen LogP contribution in [0.1, 0.15) is 142 Å². The van der Waals surface area contributed by atoms with E-state index in [0.29, 0.717) is 6.61 Å². The second-order valence-electron chi connectivity index (χ2n) is 11.4. The molecule has 0 aliphatic carbocycles. The van der Waals surface area contributed by atoms with Crippen molar-refractivity contribution in [2.24, 2.45) is 0 Å². The van der Waals surface area contributed by atoms with Gasteiger partial charge in [-0.2, -0.15) is 0 Å². The number of hydrogen-bond acceptors (Lipinski definition) is 2. The summed E-state index contributed by atoms with van der Waals surface area (Å²) in [5.41, 5.74) is 1.10. The molecule has 1 rings (SSSR count). The SMILES string of the molecule is CCCCCCCC[PH](CCCCCCCC)(CCCCCCCC)CC(=O)OCc1ccccc1. The van der Waals surface area contributed by atoms with Gasteiger partial charge < -0.3 is 0 Å². The fourth-order valence-corrected chi connectivity index (χ4v) is 10.6. The third-order valence-electron chi connectivity index (χ3n) is 7.94. The van der Waals surface area contributed by atoms with E-state index in [9.17, 15) is 4.79 Å². The van der Waals surface area contributed by atoms with E-state index in [0.717, 1.165) is 11.7 Å². The number of esters is 1. The summed E-state index contributed by atoms with van der Waals surface area (Å²) in [6.07, 6.45) is 29.0. The Bertz CT molecular complexity index is 575. The summed E-state index contributed by atoms with van der Waals surface area (Å²) in [5.74, 6) is 0.0773. The van der Waals surface area contributed by atoms with Crippen LogP contribution in [0.5, 0.6) is 0 Å². The first-order valence-corrected chi connectivity index (χ1v) is 18.7. The molecule has 36 heavy (non-hydrogen) atoms. The van der Waals surface area contributed by atoms with Gasteiger partial charge in [0, 0.05) is 0 Å². The molecule has 0 unspecified atom stereocenters. The van der Waals surface area contributed by atoms with Crippen LogP contribution in [0, 0.1) is 0 Å². The summed E-state index contributed by atoms with van der Waals surface area (Å²) in [5, 5.41) is 0. The molecule has 3 heteroatoms. The number of unbranched alkanes of at least 4 members (excludes halogenated alkanes) is 15. The van der Waals surface area contributed by atoms with E-state index in [1.807, 2.05) is 18.2 Å². The van der Waals surface area contributed by atoms with Crippen molar-refractivity contribution in [2.45, 2.75) is 143 Å². The summed E-state index contributed by atoms with van der Waals surface area (Å²) < 4.78 is 5.86. The minimum atomic E-state index is -1.68. The van der Waals surface area contributed by atoms with E-state index in [1.54, 1.807) is 0 Å². The zero-order valence-electron chi connectivity index (χ0n) is 24.5. The van der Waals surface area contributed by atoms with Crippen LogP contribution in [0.3, 0.4) is 0 Å². The number of ether oxygens (including phenoxy) is 1. The summed E-state index contributed by atoms with van der Waals surface area (Å²) >= 11 is 0. The topological polar surface area (TPSA) is 26.3 Å². The van der Waals surface area contributed by atoms with E-state index in [-0.39, 0.29) is 5.97 Å². The molecular weight excluding hydrogens is 459 g/mol. The molecule has 0 saturated heterocycles. The molecule has 0 aliphatic heterocycles. The van der Waals surface area contributed by atoms with E-state index < -0.39 is 7.26 Å². The quantitative estimate of drug-likeness (QED) is 0.0728. The van der Waals surface area contributed by atoms with E-state index in [1.165, 1.54) is 134 Å². The molecule has 0 heterocycles. The fourth-order valence-electron chi connectivity index (χ4n) is 5.58. The van der Waals surface area contributed by atoms with Crippen molar-refractivity contribution in [2.75, 3.05) is 24.6 Å². The Morgan fingerprint density at radius 1 is 0.583 bits per heavy atom. The predicted molar refractivity (Wildman–Crippen MR) is 164 cm³/mol. The molecule has 0 radical (unpaired) electrons. The third-order valence-corrected chi connectivity index (χ3v) is 13.2. The molecule has 1 aromatic carbocycles. The number of carbonyl (C=O) groups is 1. The molecule has 0 bridgehead atoms. The van der Waals surface area contributed by atoms with Crippen LogP contribution < -0.4 is 0 Å². The summed E-state index contributed by atoms with van der Waals surface area (Å²) in [6, 6.07) is 10.2. The standard InChI is InChI=1S/C33H61O2P/c1-4-7-10-13-16-22-27-36(28-23-17-14-11-8-5-2,29-24-18-15-12-9-6-3)31-33(34)35-30-32-25-20-19-21-26-32/h19-21,25-26,36H,4-18,22-24,27-31H2,1-3H3. The Morgan fingerprint density at radius 3 is 1.39 bits per heavy atom. The first kappa shape index (κ1) is 33.1. The van der Waals surface area contributed by atoms with Crippen molar-refractivity contribution in [1.82, 2.24) is 0 Å². The van der Waals surface area contributed by atoms with Crippen molar-refractivity contribution < 1.29 is 9.53 Å². The van der Waals surface area contributed by atoms with Crippen molar-refractivity contribution in [3.63, 3.8) is 0 Å². The maximum atomic E-state index is 13.2. The van der Waals surface area contributed by atoms with Gasteiger partial charge in [-0.1, -0.05) is 0 Å². The van der Waals surface area contributed by atoms with Gasteiger partial charge in [-0.25, -0.2) is 0 Å². The Labute approximate surface area is 226 Å². The van der Waals surface area contributed by atoms with Crippen LogP contribution in [-0.2, 0) is 16.1 Å². The van der Waals surface area contributed by atoms with Gasteiger partial charge in [-0.15, -0.1) is 0 Å². The molecule has 0 amide bonds. The van der Waals surface area contributed by atoms with Gasteiger partial charge in [0.2, 0.25) is 0 Å². The second-order valence-corrected chi connectivity index (χ2v) is 16.2. The van der Waals surface area contributed by atoms with E-state index >= 15 is 0 Å². The molecular formula is C33H61O2P. The van der Waals surface area contributed by atoms with E-state index in [2.05, 4.69) is 32.9 Å². The molecule has 0 aliphatic rings. The van der Waals surface area contributed by atoms with Crippen LogP contribution in [0.2, 0.25) is 0 Å². The Balaban J connectivity index is 2.75. The second kappa shape index (κ2) is 23.3. The van der Waals surface area contributed by atoms with Crippen molar-refractivity contribution >= 4 is 13.2 Å². The molecule has 0 fully saturated rings. The van der Waals surface area contributed by atoms with Gasteiger partial charge in [0.05, 0.1) is 0 Å². The normalized spacial score (nSPS) is 12.1. The maximum absolute atomic E-state index is 13.2. The van der Waals surface area contributed by atoms with Gasteiger partial charge >= 0.3 is 226 Å². The third kappa shape index (κ3) is 17.6. The first-order chi connectivity index (χ1) is 17.7. The van der Waals surface area contributed by atoms with Gasteiger partial charge in [0.15, 0.2) is 0 Å². The first-order valence-electron chi connectivity index (χ1n) is 15.9. The summed E-state index contributed by atoms with van der Waals surface area (Å²) in [4.78, 5) is 13.2. The van der Waals surface area contributed by atoms with Crippen LogP contribution in [-0.4, -0.2) is 30.6 Å². The number of rotatable bonds is 25. The molecule has 0 atom stereocenters. The minimum absolute atomic E-state index is 0.0773. The number of benzene rings is 1. The van der Waals surface area contributed by atoms with Crippen LogP contribution in [0.4, 0.5) is 0 Å². The fraction of sp³-hybridized carbons (Fsp3) is 0.788. The molecule has 2 nitrogen and oxygen atoms in total. The average Bonchev–Trinajstić information content (AvgIpc) is 2.89. The zero-order chi connectivity index (χ0) is 26.2. The number of carbonyl (C=O) groups excluding carboxylic acids is 1. The molecule has 0 spiro atoms. The van der Waals surface area contributed by atoms with Crippen LogP contribution >= 0.6 is 7.26 Å². The van der Waals surface area contributed by atoms with Gasteiger partial charge in [-0.3, -0.25) is 0 Å². The monoisotopic (exact) mass is 520 g/mol. The Hall–Kier alpha value is -0.880. The van der Waals surface area contributed by atoms with Crippen LogP contribution in [0.15, 0.2) is 30.3 Å². The average molecular weight is 521 g/mol. The van der Waals surface area contributed by atoms with Crippen molar-refractivity contribution in [1.29, 1.82) is 0 Å². The summed E-state index contributed by atoms with van der Waals surface area (Å²) in [7, 11) is -1.68. The number of hydrogen-bond donors (Lipinski definition) is 0. The van der Waals surface area contributed by atoms with Gasteiger partial charge in [-0.05, 0) is 0 Å². The van der Waals surface area contributed by atoms with Crippen molar-refractivity contribution in [3.05, 3.63) is 35.9 Å². The van der Waals surface area contributed by atoms with Crippen LogP contribution in [0.25, 0.3) is 0 Å². The van der Waals surface area contributed by atoms with Gasteiger partial charge in [0.25, 0.3) is 0 Å². The molecule has 0 aromatic heterocycles. The molecule has 0 saturated carbocycles. The Kier molecular flexibility index (Phi) is 21.4. The van der Waals surface area contributed by atoms with Gasteiger partial charge in [0.1, 0.15) is 0 Å². The predicted octanol–water partition coefficient (Wildman–Crippen LogP) is 10.6. The molecule has 1 aromatic rings. The Morgan fingerprint density at radius 2 is 0.972 bits per heavy atom. The molecule has 0 N–H and O–H groups in total. The summed E-state index contributed by atoms with van der Waals surface area (Å²) in [6.45, 7) is 7.30. The zero-order valence-corrected chi connectivity index (χ0v) is 25.5. The van der Waals surface area contributed by atoms with Crippen molar-refractivity contribution in [3.8, 4) is 0 Å². The van der Waals surface area contributed by atoms with E-state index in [4.69, 9.17) is 4.74 Å². The molecule has 210 valence electrons.